The zero-order valence-electron chi connectivity index (χ0n) is 14.3. The number of rotatable bonds is 3. The van der Waals surface area contributed by atoms with Crippen molar-refractivity contribution in [3.8, 4) is 0 Å². The minimum atomic E-state index is 0.0548. The molecule has 118 valence electrons. The number of aromatic nitrogens is 1. The van der Waals surface area contributed by atoms with Gasteiger partial charge in [-0.25, -0.2) is 0 Å². The summed E-state index contributed by atoms with van der Waals surface area (Å²) in [4.78, 5) is 12.6. The van der Waals surface area contributed by atoms with E-state index in [0.717, 1.165) is 11.1 Å². The van der Waals surface area contributed by atoms with E-state index in [1.54, 1.807) is 0 Å². The number of nitrogens with zero attached hydrogens (tertiary/aromatic N) is 1. The van der Waals surface area contributed by atoms with E-state index in [9.17, 15) is 4.79 Å². The first kappa shape index (κ1) is 15.5. The molecule has 3 rings (SSSR count). The van der Waals surface area contributed by atoms with Crippen LogP contribution in [0.4, 0.5) is 0 Å². The summed E-state index contributed by atoms with van der Waals surface area (Å²) in [5, 5.41) is 1.18. The van der Waals surface area contributed by atoms with Crippen molar-refractivity contribution < 1.29 is 4.79 Å². The van der Waals surface area contributed by atoms with Gasteiger partial charge in [0.15, 0.2) is 5.78 Å². The molecule has 0 aliphatic carbocycles. The van der Waals surface area contributed by atoms with Gasteiger partial charge in [-0.05, 0) is 46.2 Å². The normalized spacial score (nSPS) is 11.8. The number of fused-ring (bicyclic) bond motifs is 1. The Kier molecular flexibility index (Phi) is 3.85. The van der Waals surface area contributed by atoms with E-state index in [0.29, 0.717) is 6.42 Å². The van der Waals surface area contributed by atoms with Gasteiger partial charge in [0.25, 0.3) is 0 Å². The van der Waals surface area contributed by atoms with Crippen LogP contribution in [0.25, 0.3) is 10.9 Å². The first-order valence-corrected chi connectivity index (χ1v) is 8.02. The number of Topliss-reactive ketones (excluding diaryl/α,β-unsaturated/α-hetero) is 1. The van der Waals surface area contributed by atoms with Crippen LogP contribution in [0.3, 0.4) is 0 Å². The van der Waals surface area contributed by atoms with Crippen molar-refractivity contribution in [3.05, 3.63) is 71.4 Å². The summed E-state index contributed by atoms with van der Waals surface area (Å²) in [6.45, 7) is 6.50. The van der Waals surface area contributed by atoms with Gasteiger partial charge in [-0.2, -0.15) is 0 Å². The van der Waals surface area contributed by atoms with Crippen molar-refractivity contribution in [1.29, 1.82) is 0 Å². The second-order valence-corrected chi connectivity index (χ2v) is 7.25. The van der Waals surface area contributed by atoms with Gasteiger partial charge in [-0.15, -0.1) is 0 Å². The minimum absolute atomic E-state index is 0.0548. The Morgan fingerprint density at radius 1 is 1.04 bits per heavy atom. The smallest absolute Gasteiger partial charge is 0.167 e. The third-order valence-electron chi connectivity index (χ3n) is 4.36. The molecule has 1 aromatic heterocycles. The maximum Gasteiger partial charge on any atom is 0.167 e. The van der Waals surface area contributed by atoms with E-state index in [4.69, 9.17) is 0 Å². The van der Waals surface area contributed by atoms with E-state index in [1.165, 1.54) is 16.5 Å². The highest BCUT2D eigenvalue weighted by molar-refractivity contribution is 5.98. The summed E-state index contributed by atoms with van der Waals surface area (Å²) in [6, 6.07) is 16.4. The number of hydrogen-bond donors (Lipinski definition) is 0. The third kappa shape index (κ3) is 3.21. The lowest BCUT2D eigenvalue weighted by Crippen LogP contribution is -2.12. The van der Waals surface area contributed by atoms with Crippen molar-refractivity contribution in [1.82, 2.24) is 4.57 Å². The fourth-order valence-corrected chi connectivity index (χ4v) is 2.89. The van der Waals surface area contributed by atoms with E-state index in [-0.39, 0.29) is 11.2 Å². The Morgan fingerprint density at radius 3 is 2.57 bits per heavy atom. The highest BCUT2D eigenvalue weighted by Gasteiger charge is 2.16. The standard InChI is InChI=1S/C21H23NO/c1-21(2,3)18-7-5-6-17(14-18)20(23)13-15-8-9-19-16(12-15)10-11-22(19)4/h5-12,14H,13H2,1-4H3. The van der Waals surface area contributed by atoms with Crippen molar-refractivity contribution >= 4 is 16.7 Å². The molecule has 0 aliphatic heterocycles. The van der Waals surface area contributed by atoms with Gasteiger partial charge in [-0.3, -0.25) is 4.79 Å². The Hall–Kier alpha value is -2.35. The second-order valence-electron chi connectivity index (χ2n) is 7.25. The molecule has 0 N–H and O–H groups in total. The number of aryl methyl sites for hydroxylation is 1. The summed E-state index contributed by atoms with van der Waals surface area (Å²) in [5.41, 5.74) is 4.30. The fourth-order valence-electron chi connectivity index (χ4n) is 2.89. The van der Waals surface area contributed by atoms with Crippen LogP contribution < -0.4 is 0 Å². The molecule has 0 spiro atoms. The van der Waals surface area contributed by atoms with Crippen LogP contribution in [0.5, 0.6) is 0 Å². The molecule has 0 radical (unpaired) electrons. The van der Waals surface area contributed by atoms with Gasteiger partial charge in [-0.1, -0.05) is 45.0 Å². The zero-order chi connectivity index (χ0) is 16.6. The number of ketones is 1. The van der Waals surface area contributed by atoms with E-state index in [1.807, 2.05) is 37.5 Å². The largest absolute Gasteiger partial charge is 0.351 e. The van der Waals surface area contributed by atoms with Gasteiger partial charge < -0.3 is 4.57 Å². The molecule has 2 aromatic carbocycles. The maximum absolute atomic E-state index is 12.6. The Labute approximate surface area is 137 Å². The predicted molar refractivity (Wildman–Crippen MR) is 96.1 cm³/mol. The summed E-state index contributed by atoms with van der Waals surface area (Å²) in [7, 11) is 2.03. The van der Waals surface area contributed by atoms with E-state index in [2.05, 4.69) is 49.6 Å². The van der Waals surface area contributed by atoms with E-state index >= 15 is 0 Å². The topological polar surface area (TPSA) is 22.0 Å². The molecule has 2 heteroatoms. The average molecular weight is 305 g/mol. The zero-order valence-corrected chi connectivity index (χ0v) is 14.3. The molecule has 23 heavy (non-hydrogen) atoms. The molecule has 0 bridgehead atoms. The second kappa shape index (κ2) is 5.69. The van der Waals surface area contributed by atoms with Gasteiger partial charge in [0.2, 0.25) is 0 Å². The van der Waals surface area contributed by atoms with Crippen molar-refractivity contribution in [2.24, 2.45) is 7.05 Å². The van der Waals surface area contributed by atoms with Crippen LogP contribution in [0.1, 0.15) is 42.3 Å². The number of carbonyl (C=O) groups excluding carboxylic acids is 1. The van der Waals surface area contributed by atoms with Gasteiger partial charge >= 0.3 is 0 Å². The van der Waals surface area contributed by atoms with Crippen LogP contribution in [-0.4, -0.2) is 10.4 Å². The molecule has 0 saturated carbocycles. The minimum Gasteiger partial charge on any atom is -0.351 e. The van der Waals surface area contributed by atoms with E-state index < -0.39 is 0 Å². The Morgan fingerprint density at radius 2 is 1.83 bits per heavy atom. The summed E-state index contributed by atoms with van der Waals surface area (Å²) >= 11 is 0. The SMILES string of the molecule is Cn1ccc2cc(CC(=O)c3cccc(C(C)(C)C)c3)ccc21. The first-order valence-electron chi connectivity index (χ1n) is 8.02. The van der Waals surface area contributed by atoms with Gasteiger partial charge in [0, 0.05) is 30.7 Å². The maximum atomic E-state index is 12.6. The molecule has 1 heterocycles. The molecule has 0 amide bonds. The van der Waals surface area contributed by atoms with Gasteiger partial charge in [0.1, 0.15) is 0 Å². The highest BCUT2D eigenvalue weighted by Crippen LogP contribution is 2.24. The van der Waals surface area contributed by atoms with Crippen LogP contribution in [0.2, 0.25) is 0 Å². The molecule has 2 nitrogen and oxygen atoms in total. The summed E-state index contributed by atoms with van der Waals surface area (Å²) in [5.74, 6) is 0.173. The number of benzene rings is 2. The molecular weight excluding hydrogens is 282 g/mol. The lowest BCUT2D eigenvalue weighted by Gasteiger charge is -2.19. The molecule has 0 aliphatic rings. The highest BCUT2D eigenvalue weighted by atomic mass is 16.1. The lowest BCUT2D eigenvalue weighted by atomic mass is 9.85. The van der Waals surface area contributed by atoms with Crippen LogP contribution in [-0.2, 0) is 18.9 Å². The Bertz CT molecular complexity index is 865. The van der Waals surface area contributed by atoms with Crippen LogP contribution in [0, 0.1) is 0 Å². The lowest BCUT2D eigenvalue weighted by molar-refractivity contribution is 0.0993. The van der Waals surface area contributed by atoms with Crippen LogP contribution in [0.15, 0.2) is 54.7 Å². The van der Waals surface area contributed by atoms with Crippen molar-refractivity contribution in [3.63, 3.8) is 0 Å². The number of hydrogen-bond acceptors (Lipinski definition) is 1. The number of carbonyl (C=O) groups is 1. The van der Waals surface area contributed by atoms with Gasteiger partial charge in [0.05, 0.1) is 0 Å². The molecule has 3 aromatic rings. The summed E-state index contributed by atoms with van der Waals surface area (Å²) < 4.78 is 2.09. The molecule has 0 unspecified atom stereocenters. The average Bonchev–Trinajstić information content (AvgIpc) is 2.87. The van der Waals surface area contributed by atoms with Crippen molar-refractivity contribution in [2.75, 3.05) is 0 Å². The van der Waals surface area contributed by atoms with Crippen LogP contribution >= 0.6 is 0 Å². The molecule has 0 atom stereocenters. The first-order chi connectivity index (χ1) is 10.8. The third-order valence-corrected chi connectivity index (χ3v) is 4.36. The molecular formula is C21H23NO. The molecule has 0 saturated heterocycles. The predicted octanol–water partition coefficient (Wildman–Crippen LogP) is 4.90. The Balaban J connectivity index is 1.85. The summed E-state index contributed by atoms with van der Waals surface area (Å²) in [6.07, 6.45) is 2.49. The monoisotopic (exact) mass is 305 g/mol. The molecule has 0 fully saturated rings. The van der Waals surface area contributed by atoms with Crippen molar-refractivity contribution in [2.45, 2.75) is 32.6 Å². The quantitative estimate of drug-likeness (QED) is 0.631. The fraction of sp³-hybridized carbons (Fsp3) is 0.286.